The second-order valence-corrected chi connectivity index (χ2v) is 7.51. The maximum atomic E-state index is 11.4. The molecule has 0 radical (unpaired) electrons. The van der Waals surface area contributed by atoms with Crippen LogP contribution in [-0.2, 0) is 23.0 Å². The molecule has 0 unspecified atom stereocenters. The van der Waals surface area contributed by atoms with Gasteiger partial charge in [-0.2, -0.15) is 0 Å². The van der Waals surface area contributed by atoms with E-state index in [1.165, 1.54) is 5.56 Å². The smallest absolute Gasteiger partial charge is 0.238 e. The van der Waals surface area contributed by atoms with Gasteiger partial charge in [-0.05, 0) is 41.8 Å². The second kappa shape index (κ2) is 5.44. The molecule has 2 aromatic rings. The van der Waals surface area contributed by atoms with E-state index in [1.807, 2.05) is 24.3 Å². The number of anilines is 1. The van der Waals surface area contributed by atoms with Gasteiger partial charge in [0.1, 0.15) is 0 Å². The van der Waals surface area contributed by atoms with Crippen LogP contribution in [0.15, 0.2) is 51.8 Å². The molecule has 0 bridgehead atoms. The van der Waals surface area contributed by atoms with E-state index in [0.29, 0.717) is 0 Å². The van der Waals surface area contributed by atoms with E-state index < -0.39 is 10.0 Å². The van der Waals surface area contributed by atoms with Crippen LogP contribution in [0.5, 0.6) is 0 Å². The van der Waals surface area contributed by atoms with E-state index in [1.54, 1.807) is 12.1 Å². The van der Waals surface area contributed by atoms with Gasteiger partial charge in [0.2, 0.25) is 10.0 Å². The fourth-order valence-corrected chi connectivity index (χ4v) is 3.59. The van der Waals surface area contributed by atoms with Gasteiger partial charge in [0.15, 0.2) is 0 Å². The zero-order valence-corrected chi connectivity index (χ0v) is 13.7. The minimum Gasteiger partial charge on any atom is -0.367 e. The maximum absolute atomic E-state index is 11.4. The number of primary sulfonamides is 1. The molecular weight excluding hydrogens is 352 g/mol. The molecule has 1 aliphatic rings. The highest BCUT2D eigenvalue weighted by Crippen LogP contribution is 2.32. The quantitative estimate of drug-likeness (QED) is 0.907. The predicted octanol–water partition coefficient (Wildman–Crippen LogP) is 2.66. The Morgan fingerprint density at radius 1 is 1.19 bits per heavy atom. The van der Waals surface area contributed by atoms with Crippen LogP contribution in [0.3, 0.4) is 0 Å². The summed E-state index contributed by atoms with van der Waals surface area (Å²) in [5, 5.41) is 5.18. The van der Waals surface area contributed by atoms with E-state index in [2.05, 4.69) is 26.9 Å². The summed E-state index contributed by atoms with van der Waals surface area (Å²) in [7, 11) is -3.63. The number of hydrogen-bond acceptors (Lipinski definition) is 3. The Hall–Kier alpha value is -1.37. The molecule has 0 atom stereocenters. The minimum absolute atomic E-state index is 0.184. The molecule has 0 saturated carbocycles. The van der Waals surface area contributed by atoms with Gasteiger partial charge in [-0.25, -0.2) is 13.6 Å². The van der Waals surface area contributed by atoms with Gasteiger partial charge in [0, 0.05) is 23.2 Å². The maximum Gasteiger partial charge on any atom is 0.238 e. The lowest BCUT2D eigenvalue weighted by Crippen LogP contribution is -2.20. The first kappa shape index (κ1) is 14.6. The predicted molar refractivity (Wildman–Crippen MR) is 86.7 cm³/mol. The Morgan fingerprint density at radius 3 is 2.67 bits per heavy atom. The first-order valence-corrected chi connectivity index (χ1v) is 8.93. The van der Waals surface area contributed by atoms with Crippen molar-refractivity contribution in [3.05, 3.63) is 58.1 Å². The number of nitrogens with zero attached hydrogens (tertiary/aromatic N) is 1. The SMILES string of the molecule is NS(=O)(=O)c1ccc2c(c1)CCN2Cc1ccccc1Br. The average molecular weight is 367 g/mol. The highest BCUT2D eigenvalue weighted by atomic mass is 79.9. The summed E-state index contributed by atoms with van der Waals surface area (Å²) >= 11 is 3.56. The lowest BCUT2D eigenvalue weighted by atomic mass is 10.1. The van der Waals surface area contributed by atoms with Crippen LogP contribution >= 0.6 is 15.9 Å². The highest BCUT2D eigenvalue weighted by molar-refractivity contribution is 9.10. The third kappa shape index (κ3) is 2.97. The van der Waals surface area contributed by atoms with Crippen LogP contribution in [0.1, 0.15) is 11.1 Å². The molecule has 0 fully saturated rings. The molecule has 2 aromatic carbocycles. The van der Waals surface area contributed by atoms with Crippen LogP contribution in [0, 0.1) is 0 Å². The average Bonchev–Trinajstić information content (AvgIpc) is 2.83. The first-order chi connectivity index (χ1) is 9.95. The molecule has 110 valence electrons. The molecule has 0 aliphatic carbocycles. The van der Waals surface area contributed by atoms with Gasteiger partial charge in [0.25, 0.3) is 0 Å². The zero-order chi connectivity index (χ0) is 15.0. The van der Waals surface area contributed by atoms with E-state index in [-0.39, 0.29) is 4.90 Å². The van der Waals surface area contributed by atoms with Crippen molar-refractivity contribution in [1.82, 2.24) is 0 Å². The summed E-state index contributed by atoms with van der Waals surface area (Å²) in [6.45, 7) is 1.67. The topological polar surface area (TPSA) is 63.4 Å². The fourth-order valence-electron chi connectivity index (χ4n) is 2.62. The molecule has 4 nitrogen and oxygen atoms in total. The molecule has 1 heterocycles. The lowest BCUT2D eigenvalue weighted by Gasteiger charge is -2.20. The summed E-state index contributed by atoms with van der Waals surface area (Å²) < 4.78 is 23.9. The van der Waals surface area contributed by atoms with Gasteiger partial charge < -0.3 is 4.90 Å². The third-order valence-corrected chi connectivity index (χ3v) is 5.37. The van der Waals surface area contributed by atoms with Gasteiger partial charge in [-0.3, -0.25) is 0 Å². The van der Waals surface area contributed by atoms with Crippen molar-refractivity contribution in [2.75, 3.05) is 11.4 Å². The fraction of sp³-hybridized carbons (Fsp3) is 0.200. The Balaban J connectivity index is 1.90. The molecule has 0 saturated heterocycles. The Labute approximate surface area is 132 Å². The van der Waals surface area contributed by atoms with Crippen LogP contribution in [0.25, 0.3) is 0 Å². The Bertz CT molecular complexity index is 790. The lowest BCUT2D eigenvalue weighted by molar-refractivity contribution is 0.597. The zero-order valence-electron chi connectivity index (χ0n) is 11.3. The van der Waals surface area contributed by atoms with Crippen molar-refractivity contribution < 1.29 is 8.42 Å². The summed E-state index contributed by atoms with van der Waals surface area (Å²) in [5.74, 6) is 0. The summed E-state index contributed by atoms with van der Waals surface area (Å²) in [6, 6.07) is 13.2. The molecular formula is C15H15BrN2O2S. The van der Waals surface area contributed by atoms with Crippen molar-refractivity contribution >= 4 is 31.6 Å². The highest BCUT2D eigenvalue weighted by Gasteiger charge is 2.21. The van der Waals surface area contributed by atoms with E-state index in [4.69, 9.17) is 5.14 Å². The number of hydrogen-bond donors (Lipinski definition) is 1. The number of nitrogens with two attached hydrogens (primary N) is 1. The van der Waals surface area contributed by atoms with Gasteiger partial charge in [-0.1, -0.05) is 34.1 Å². The molecule has 21 heavy (non-hydrogen) atoms. The second-order valence-electron chi connectivity index (χ2n) is 5.10. The molecule has 0 aromatic heterocycles. The number of rotatable bonds is 3. The van der Waals surface area contributed by atoms with Gasteiger partial charge in [0.05, 0.1) is 4.90 Å². The van der Waals surface area contributed by atoms with Crippen molar-refractivity contribution in [1.29, 1.82) is 0 Å². The molecule has 3 rings (SSSR count). The largest absolute Gasteiger partial charge is 0.367 e. The molecule has 0 amide bonds. The van der Waals surface area contributed by atoms with Crippen molar-refractivity contribution in [2.45, 2.75) is 17.9 Å². The van der Waals surface area contributed by atoms with Crippen LogP contribution in [-0.4, -0.2) is 15.0 Å². The molecule has 1 aliphatic heterocycles. The molecule has 0 spiro atoms. The Morgan fingerprint density at radius 2 is 1.95 bits per heavy atom. The number of benzene rings is 2. The minimum atomic E-state index is -3.63. The summed E-state index contributed by atoms with van der Waals surface area (Å²) in [5.41, 5.74) is 3.33. The standard InChI is InChI=1S/C15H15BrN2O2S/c16-14-4-2-1-3-12(14)10-18-8-7-11-9-13(21(17,19)20)5-6-15(11)18/h1-6,9H,7-8,10H2,(H2,17,19,20). The third-order valence-electron chi connectivity index (χ3n) is 3.69. The monoisotopic (exact) mass is 366 g/mol. The number of fused-ring (bicyclic) bond motifs is 1. The van der Waals surface area contributed by atoms with Crippen molar-refractivity contribution in [3.8, 4) is 0 Å². The normalized spacial score (nSPS) is 14.3. The van der Waals surface area contributed by atoms with E-state index in [9.17, 15) is 8.42 Å². The van der Waals surface area contributed by atoms with Crippen LogP contribution < -0.4 is 10.0 Å². The number of sulfonamides is 1. The van der Waals surface area contributed by atoms with Gasteiger partial charge in [-0.15, -0.1) is 0 Å². The van der Waals surface area contributed by atoms with E-state index in [0.717, 1.165) is 35.2 Å². The summed E-state index contributed by atoms with van der Waals surface area (Å²) in [4.78, 5) is 2.44. The van der Waals surface area contributed by atoms with Crippen molar-refractivity contribution in [3.63, 3.8) is 0 Å². The van der Waals surface area contributed by atoms with Gasteiger partial charge >= 0.3 is 0 Å². The Kier molecular flexibility index (Phi) is 3.77. The van der Waals surface area contributed by atoms with Crippen LogP contribution in [0.4, 0.5) is 5.69 Å². The first-order valence-electron chi connectivity index (χ1n) is 6.59. The summed E-state index contributed by atoms with van der Waals surface area (Å²) in [6.07, 6.45) is 0.836. The van der Waals surface area contributed by atoms with E-state index >= 15 is 0 Å². The van der Waals surface area contributed by atoms with Crippen molar-refractivity contribution in [2.24, 2.45) is 5.14 Å². The molecule has 2 N–H and O–H groups in total. The number of halogens is 1. The van der Waals surface area contributed by atoms with Crippen LogP contribution in [0.2, 0.25) is 0 Å². The molecule has 6 heteroatoms.